The van der Waals surface area contributed by atoms with Gasteiger partial charge < -0.3 is 4.74 Å². The van der Waals surface area contributed by atoms with E-state index >= 15 is 0 Å². The topological polar surface area (TPSA) is 81.2 Å². The summed E-state index contributed by atoms with van der Waals surface area (Å²) in [6.45, 7) is 0. The Morgan fingerprint density at radius 2 is 1.33 bits per heavy atom. The molecule has 0 radical (unpaired) electrons. The first-order valence-electron chi connectivity index (χ1n) is 8.97. The fourth-order valence-electron chi connectivity index (χ4n) is 2.71. The van der Waals surface area contributed by atoms with Gasteiger partial charge in [0, 0.05) is 5.56 Å². The van der Waals surface area contributed by atoms with Crippen LogP contribution in [-0.4, -0.2) is 18.4 Å². The maximum atomic E-state index is 12.8. The average Bonchev–Trinajstić information content (AvgIpc) is 2.77. The van der Waals surface area contributed by atoms with E-state index in [9.17, 15) is 8.42 Å². The second-order valence-electron chi connectivity index (χ2n) is 6.21. The van der Waals surface area contributed by atoms with E-state index < -0.39 is 10.0 Å². The van der Waals surface area contributed by atoms with Crippen LogP contribution in [0.2, 0.25) is 0 Å². The minimum atomic E-state index is -3.86. The van der Waals surface area contributed by atoms with E-state index in [1.165, 1.54) is 12.1 Å². The summed E-state index contributed by atoms with van der Waals surface area (Å²) in [6.07, 6.45) is 0. The molecular weight excluding hydrogens is 466 g/mol. The van der Waals surface area contributed by atoms with Crippen molar-refractivity contribution in [2.24, 2.45) is 0 Å². The number of nitrogens with one attached hydrogen (secondary N) is 1. The van der Waals surface area contributed by atoms with Gasteiger partial charge in [0.2, 0.25) is 11.8 Å². The molecule has 0 saturated carbocycles. The summed E-state index contributed by atoms with van der Waals surface area (Å²) in [5.41, 5.74) is 1.28. The number of aromatic nitrogens is 2. The Morgan fingerprint density at radius 3 is 1.97 bits per heavy atom. The van der Waals surface area contributed by atoms with Crippen molar-refractivity contribution in [3.05, 3.63) is 95.5 Å². The number of benzene rings is 3. The van der Waals surface area contributed by atoms with Crippen LogP contribution in [0.15, 0.2) is 100 Å². The summed E-state index contributed by atoms with van der Waals surface area (Å²) in [5, 5.41) is 0. The fourth-order valence-corrected chi connectivity index (χ4v) is 4.16. The molecule has 6 nitrogen and oxygen atoms in total. The molecule has 1 N–H and O–H groups in total. The van der Waals surface area contributed by atoms with Crippen molar-refractivity contribution in [3.63, 3.8) is 0 Å². The number of hydrogen-bond acceptors (Lipinski definition) is 5. The Labute approximate surface area is 182 Å². The normalized spacial score (nSPS) is 11.1. The second kappa shape index (κ2) is 8.64. The highest BCUT2D eigenvalue weighted by Gasteiger charge is 2.20. The molecule has 30 heavy (non-hydrogen) atoms. The summed E-state index contributed by atoms with van der Waals surface area (Å²) in [5.74, 6) is 0.667. The van der Waals surface area contributed by atoms with Gasteiger partial charge in [-0.05, 0) is 40.2 Å². The van der Waals surface area contributed by atoms with Crippen molar-refractivity contribution in [2.45, 2.75) is 4.90 Å². The van der Waals surface area contributed by atoms with Gasteiger partial charge in [0.15, 0.2) is 0 Å². The average molecular weight is 482 g/mol. The van der Waals surface area contributed by atoms with Crippen LogP contribution in [0.3, 0.4) is 0 Å². The first kappa shape index (κ1) is 20.1. The van der Waals surface area contributed by atoms with E-state index in [0.717, 1.165) is 5.56 Å². The molecular formula is C22H16BrN3O3S. The molecule has 0 aliphatic carbocycles. The number of sulfonamides is 1. The smallest absolute Gasteiger partial charge is 0.264 e. The lowest BCUT2D eigenvalue weighted by Crippen LogP contribution is -2.15. The zero-order valence-electron chi connectivity index (χ0n) is 15.6. The molecule has 0 fully saturated rings. The molecule has 0 spiro atoms. The Hall–Kier alpha value is -3.23. The van der Waals surface area contributed by atoms with Crippen LogP contribution < -0.4 is 9.46 Å². The van der Waals surface area contributed by atoms with Crippen LogP contribution in [0.4, 0.5) is 5.95 Å². The molecule has 1 heterocycles. The van der Waals surface area contributed by atoms with E-state index in [1.807, 2.05) is 48.5 Å². The largest absolute Gasteiger partial charge is 0.438 e. The van der Waals surface area contributed by atoms with Crippen LogP contribution >= 0.6 is 15.9 Å². The van der Waals surface area contributed by atoms with Crippen molar-refractivity contribution in [2.75, 3.05) is 4.72 Å². The van der Waals surface area contributed by atoms with Crippen molar-refractivity contribution in [3.8, 4) is 22.9 Å². The Morgan fingerprint density at radius 1 is 0.767 bits per heavy atom. The Bertz CT molecular complexity index is 1250. The predicted molar refractivity (Wildman–Crippen MR) is 119 cm³/mol. The molecule has 4 aromatic rings. The van der Waals surface area contributed by atoms with Gasteiger partial charge in [-0.2, -0.15) is 4.98 Å². The first-order valence-corrected chi connectivity index (χ1v) is 11.2. The van der Waals surface area contributed by atoms with E-state index in [2.05, 4.69) is 30.6 Å². The van der Waals surface area contributed by atoms with Crippen molar-refractivity contribution in [1.82, 2.24) is 9.97 Å². The molecule has 4 rings (SSSR count). The number of hydrogen-bond donors (Lipinski definition) is 1. The summed E-state index contributed by atoms with van der Waals surface area (Å²) in [7, 11) is -3.86. The molecule has 0 atom stereocenters. The molecule has 0 bridgehead atoms. The van der Waals surface area contributed by atoms with Crippen molar-refractivity contribution < 1.29 is 13.2 Å². The van der Waals surface area contributed by atoms with Gasteiger partial charge in [0.25, 0.3) is 10.0 Å². The summed E-state index contributed by atoms with van der Waals surface area (Å²) in [6, 6.07) is 26.5. The molecule has 0 aliphatic heterocycles. The van der Waals surface area contributed by atoms with Gasteiger partial charge in [0.1, 0.15) is 10.2 Å². The molecule has 8 heteroatoms. The van der Waals surface area contributed by atoms with Gasteiger partial charge in [-0.25, -0.2) is 18.1 Å². The highest BCUT2D eigenvalue weighted by atomic mass is 79.9. The minimum absolute atomic E-state index is 0.0909. The van der Waals surface area contributed by atoms with Gasteiger partial charge in [-0.3, -0.25) is 0 Å². The molecule has 150 valence electrons. The Balaban J connectivity index is 1.79. The molecule has 3 aromatic carbocycles. The van der Waals surface area contributed by atoms with Gasteiger partial charge in [-0.15, -0.1) is 0 Å². The molecule has 0 saturated heterocycles. The zero-order valence-corrected chi connectivity index (χ0v) is 18.0. The highest BCUT2D eigenvalue weighted by molar-refractivity contribution is 9.10. The van der Waals surface area contributed by atoms with Gasteiger partial charge in [0.05, 0.1) is 10.6 Å². The van der Waals surface area contributed by atoms with Crippen LogP contribution in [-0.2, 0) is 10.0 Å². The van der Waals surface area contributed by atoms with E-state index in [1.54, 1.807) is 30.3 Å². The lowest BCUT2D eigenvalue weighted by Gasteiger charge is -2.13. The number of rotatable bonds is 6. The quantitative estimate of drug-likeness (QED) is 0.393. The van der Waals surface area contributed by atoms with E-state index in [-0.39, 0.29) is 16.7 Å². The third kappa shape index (κ3) is 4.50. The first-order chi connectivity index (χ1) is 14.5. The number of anilines is 1. The van der Waals surface area contributed by atoms with Crippen LogP contribution in [0, 0.1) is 0 Å². The molecule has 0 aliphatic rings. The number of halogens is 1. The van der Waals surface area contributed by atoms with Crippen molar-refractivity contribution >= 4 is 31.9 Å². The summed E-state index contributed by atoms with van der Waals surface area (Å²) in [4.78, 5) is 8.84. The molecule has 1 aromatic heterocycles. The number of ether oxygens (including phenoxy) is 1. The van der Waals surface area contributed by atoms with Gasteiger partial charge in [-0.1, -0.05) is 66.7 Å². The van der Waals surface area contributed by atoms with Crippen LogP contribution in [0.1, 0.15) is 0 Å². The highest BCUT2D eigenvalue weighted by Crippen LogP contribution is 2.36. The monoisotopic (exact) mass is 481 g/mol. The molecule has 0 amide bonds. The third-order valence-electron chi connectivity index (χ3n) is 4.10. The maximum Gasteiger partial charge on any atom is 0.264 e. The Kier molecular flexibility index (Phi) is 5.78. The van der Waals surface area contributed by atoms with Gasteiger partial charge >= 0.3 is 0 Å². The third-order valence-corrected chi connectivity index (χ3v) is 6.16. The number of para-hydroxylation sites is 1. The lowest BCUT2D eigenvalue weighted by atomic mass is 10.1. The summed E-state index contributed by atoms with van der Waals surface area (Å²) < 4.78 is 34.4. The maximum absolute atomic E-state index is 12.8. The molecule has 0 unspecified atom stereocenters. The van der Waals surface area contributed by atoms with Crippen LogP contribution in [0.5, 0.6) is 11.6 Å². The van der Waals surface area contributed by atoms with E-state index in [0.29, 0.717) is 15.9 Å². The zero-order chi connectivity index (χ0) is 21.0. The standard InChI is InChI=1S/C22H16BrN3O3S/c23-19-20(16-10-4-1-5-11-16)24-22(25-21(19)29-17-12-6-2-7-13-17)26-30(27,28)18-14-8-3-9-15-18/h1-15H,(H,24,25,26). The fraction of sp³-hybridized carbons (Fsp3) is 0. The lowest BCUT2D eigenvalue weighted by molar-refractivity contribution is 0.459. The minimum Gasteiger partial charge on any atom is -0.438 e. The number of nitrogens with zero attached hydrogens (tertiary/aromatic N) is 2. The SMILES string of the molecule is O=S(=O)(Nc1nc(Oc2ccccc2)c(Br)c(-c2ccccc2)n1)c1ccccc1. The van der Waals surface area contributed by atoms with Crippen molar-refractivity contribution in [1.29, 1.82) is 0 Å². The summed E-state index contributed by atoms with van der Waals surface area (Å²) >= 11 is 3.51. The predicted octanol–water partition coefficient (Wildman–Crippen LogP) is 5.50. The second-order valence-corrected chi connectivity index (χ2v) is 8.69. The van der Waals surface area contributed by atoms with Crippen LogP contribution in [0.25, 0.3) is 11.3 Å². The van der Waals surface area contributed by atoms with E-state index in [4.69, 9.17) is 4.74 Å².